The average molecular weight is 384 g/mol. The molecule has 1 saturated heterocycles. The van der Waals surface area contributed by atoms with E-state index in [1.54, 1.807) is 7.05 Å². The first-order valence-corrected chi connectivity index (χ1v) is 8.79. The summed E-state index contributed by atoms with van der Waals surface area (Å²) in [4.78, 5) is 4.27. The Bertz CT molecular complexity index is 531. The second kappa shape index (κ2) is 9.25. The van der Waals surface area contributed by atoms with Gasteiger partial charge in [-0.1, -0.05) is 22.0 Å². The van der Waals surface area contributed by atoms with Gasteiger partial charge in [-0.2, -0.15) is 0 Å². The number of ether oxygens (including phenoxy) is 2. The molecule has 1 aromatic rings. The Morgan fingerprint density at radius 3 is 3.00 bits per heavy atom. The molecule has 2 N–H and O–H groups in total. The van der Waals surface area contributed by atoms with Crippen molar-refractivity contribution in [2.45, 2.75) is 39.0 Å². The van der Waals surface area contributed by atoms with Crippen LogP contribution in [0, 0.1) is 6.92 Å². The molecule has 5 nitrogen and oxygen atoms in total. The zero-order valence-electron chi connectivity index (χ0n) is 14.1. The minimum absolute atomic E-state index is 0.188. The molecular weight excluding hydrogens is 358 g/mol. The summed E-state index contributed by atoms with van der Waals surface area (Å²) in [6.45, 7) is 7.10. The first-order valence-electron chi connectivity index (χ1n) is 8.00. The third kappa shape index (κ3) is 6.12. The maximum absolute atomic E-state index is 5.83. The molecule has 2 atom stereocenters. The predicted molar refractivity (Wildman–Crippen MR) is 96.9 cm³/mol. The Hall–Kier alpha value is -1.11. The number of rotatable bonds is 6. The maximum atomic E-state index is 5.83. The molecule has 0 bridgehead atoms. The quantitative estimate of drug-likeness (QED) is 0.585. The number of halogens is 1. The molecule has 2 unspecified atom stereocenters. The van der Waals surface area contributed by atoms with Crippen LogP contribution in [0.5, 0.6) is 0 Å². The predicted octanol–water partition coefficient (Wildman–Crippen LogP) is 2.62. The fourth-order valence-electron chi connectivity index (χ4n) is 2.43. The van der Waals surface area contributed by atoms with Crippen LogP contribution in [0.3, 0.4) is 0 Å². The second-order valence-corrected chi connectivity index (χ2v) is 6.78. The van der Waals surface area contributed by atoms with Crippen molar-refractivity contribution in [3.8, 4) is 0 Å². The van der Waals surface area contributed by atoms with Crippen molar-refractivity contribution in [1.82, 2.24) is 10.6 Å². The van der Waals surface area contributed by atoms with Gasteiger partial charge in [-0.15, -0.1) is 0 Å². The Labute approximate surface area is 147 Å². The zero-order chi connectivity index (χ0) is 16.7. The number of hydrogen-bond donors (Lipinski definition) is 2. The van der Waals surface area contributed by atoms with Gasteiger partial charge in [0.2, 0.25) is 0 Å². The number of benzene rings is 1. The molecule has 1 fully saturated rings. The lowest BCUT2D eigenvalue weighted by Crippen LogP contribution is -2.44. The van der Waals surface area contributed by atoms with Gasteiger partial charge in [-0.05, 0) is 43.5 Å². The van der Waals surface area contributed by atoms with Crippen LogP contribution in [0.1, 0.15) is 24.5 Å². The van der Waals surface area contributed by atoms with E-state index >= 15 is 0 Å². The van der Waals surface area contributed by atoms with E-state index in [2.05, 4.69) is 63.6 Å². The fourth-order valence-corrected chi connectivity index (χ4v) is 2.91. The minimum atomic E-state index is 0.188. The van der Waals surface area contributed by atoms with Crippen molar-refractivity contribution in [3.63, 3.8) is 0 Å². The molecular formula is C17H26BrN3O2. The van der Waals surface area contributed by atoms with Gasteiger partial charge in [-0.25, -0.2) is 0 Å². The summed E-state index contributed by atoms with van der Waals surface area (Å²) in [5.41, 5.74) is 2.50. The number of hydrogen-bond acceptors (Lipinski definition) is 3. The first-order chi connectivity index (χ1) is 11.1. The summed E-state index contributed by atoms with van der Waals surface area (Å²) < 4.78 is 12.2. The highest BCUT2D eigenvalue weighted by atomic mass is 79.9. The number of nitrogens with zero attached hydrogens (tertiary/aromatic N) is 1. The largest absolute Gasteiger partial charge is 0.379 e. The molecule has 0 radical (unpaired) electrons. The van der Waals surface area contributed by atoms with Crippen molar-refractivity contribution < 1.29 is 9.47 Å². The number of guanidine groups is 1. The topological polar surface area (TPSA) is 54.9 Å². The van der Waals surface area contributed by atoms with Crippen LogP contribution in [0.2, 0.25) is 0 Å². The minimum Gasteiger partial charge on any atom is -0.379 e. The van der Waals surface area contributed by atoms with Gasteiger partial charge in [0.15, 0.2) is 5.96 Å². The molecule has 0 aliphatic carbocycles. The molecule has 0 aromatic heterocycles. The average Bonchev–Trinajstić information content (AvgIpc) is 3.04. The van der Waals surface area contributed by atoms with Crippen LogP contribution in [0.25, 0.3) is 0 Å². The van der Waals surface area contributed by atoms with Crippen molar-refractivity contribution in [3.05, 3.63) is 33.8 Å². The molecule has 128 valence electrons. The van der Waals surface area contributed by atoms with E-state index < -0.39 is 0 Å². The van der Waals surface area contributed by atoms with Gasteiger partial charge in [0.05, 0.1) is 19.3 Å². The summed E-state index contributed by atoms with van der Waals surface area (Å²) in [5.74, 6) is 0.783. The summed E-state index contributed by atoms with van der Waals surface area (Å²) in [6, 6.07) is 6.48. The van der Waals surface area contributed by atoms with Crippen LogP contribution in [-0.4, -0.2) is 45.0 Å². The Balaban J connectivity index is 1.75. The van der Waals surface area contributed by atoms with Crippen LogP contribution < -0.4 is 10.6 Å². The fraction of sp³-hybridized carbons (Fsp3) is 0.588. The third-order valence-electron chi connectivity index (χ3n) is 3.83. The Morgan fingerprint density at radius 2 is 2.35 bits per heavy atom. The molecule has 1 aliphatic heterocycles. The van der Waals surface area contributed by atoms with Gasteiger partial charge in [0, 0.05) is 30.7 Å². The smallest absolute Gasteiger partial charge is 0.191 e. The van der Waals surface area contributed by atoms with Crippen molar-refractivity contribution in [2.75, 3.05) is 26.9 Å². The number of aliphatic imine (C=N–C) groups is 1. The van der Waals surface area contributed by atoms with Crippen LogP contribution in [-0.2, 0) is 16.0 Å². The highest BCUT2D eigenvalue weighted by Crippen LogP contribution is 2.15. The Morgan fingerprint density at radius 1 is 1.52 bits per heavy atom. The van der Waals surface area contributed by atoms with Gasteiger partial charge in [0.1, 0.15) is 0 Å². The van der Waals surface area contributed by atoms with Gasteiger partial charge in [-0.3, -0.25) is 4.99 Å². The van der Waals surface area contributed by atoms with E-state index in [-0.39, 0.29) is 12.1 Å². The normalized spacial score (nSPS) is 19.7. The highest BCUT2D eigenvalue weighted by molar-refractivity contribution is 9.10. The zero-order valence-corrected chi connectivity index (χ0v) is 15.6. The SMILES string of the molecule is CN=C(NCc1ccc(Br)cc1C)NC(C)COC1CCOC1. The lowest BCUT2D eigenvalue weighted by molar-refractivity contribution is 0.0347. The van der Waals surface area contributed by atoms with Crippen LogP contribution >= 0.6 is 15.9 Å². The molecule has 23 heavy (non-hydrogen) atoms. The van der Waals surface area contributed by atoms with Gasteiger partial charge in [0.25, 0.3) is 0 Å². The standard InChI is InChI=1S/C17H26BrN3O2/c1-12-8-15(18)5-4-14(12)9-20-17(19-3)21-13(2)10-23-16-6-7-22-11-16/h4-5,8,13,16H,6-7,9-11H2,1-3H3,(H2,19,20,21). The van der Waals surface area contributed by atoms with Crippen molar-refractivity contribution in [1.29, 1.82) is 0 Å². The van der Waals surface area contributed by atoms with Gasteiger partial charge < -0.3 is 20.1 Å². The van der Waals surface area contributed by atoms with Crippen LogP contribution in [0.15, 0.2) is 27.7 Å². The van der Waals surface area contributed by atoms with E-state index in [4.69, 9.17) is 9.47 Å². The molecule has 0 saturated carbocycles. The van der Waals surface area contributed by atoms with E-state index in [1.807, 2.05) is 0 Å². The Kier molecular flexibility index (Phi) is 7.33. The molecule has 0 amide bonds. The highest BCUT2D eigenvalue weighted by Gasteiger charge is 2.17. The summed E-state index contributed by atoms with van der Waals surface area (Å²) >= 11 is 3.49. The van der Waals surface area contributed by atoms with Gasteiger partial charge >= 0.3 is 0 Å². The summed E-state index contributed by atoms with van der Waals surface area (Å²) in [5, 5.41) is 6.70. The number of nitrogens with one attached hydrogen (secondary N) is 2. The lowest BCUT2D eigenvalue weighted by Gasteiger charge is -2.20. The lowest BCUT2D eigenvalue weighted by atomic mass is 10.1. The second-order valence-electron chi connectivity index (χ2n) is 5.86. The van der Waals surface area contributed by atoms with E-state index in [1.165, 1.54) is 11.1 Å². The maximum Gasteiger partial charge on any atom is 0.191 e. The first kappa shape index (κ1) is 18.2. The third-order valence-corrected chi connectivity index (χ3v) is 4.32. The summed E-state index contributed by atoms with van der Waals surface area (Å²) in [6.07, 6.45) is 1.22. The van der Waals surface area contributed by atoms with Crippen LogP contribution in [0.4, 0.5) is 0 Å². The van der Waals surface area contributed by atoms with Crippen molar-refractivity contribution in [2.24, 2.45) is 4.99 Å². The molecule has 2 rings (SSSR count). The monoisotopic (exact) mass is 383 g/mol. The molecule has 1 aromatic carbocycles. The molecule has 1 heterocycles. The molecule has 0 spiro atoms. The molecule has 6 heteroatoms. The van der Waals surface area contributed by atoms with E-state index in [0.29, 0.717) is 13.2 Å². The molecule has 1 aliphatic rings. The number of aryl methyl sites for hydroxylation is 1. The summed E-state index contributed by atoms with van der Waals surface area (Å²) in [7, 11) is 1.78. The van der Waals surface area contributed by atoms with E-state index in [9.17, 15) is 0 Å². The van der Waals surface area contributed by atoms with Crippen molar-refractivity contribution >= 4 is 21.9 Å². The van der Waals surface area contributed by atoms with E-state index in [0.717, 1.165) is 30.0 Å².